The Morgan fingerprint density at radius 1 is 1.20 bits per heavy atom. The molecule has 0 aliphatic rings. The monoisotopic (exact) mass is 451 g/mol. The third kappa shape index (κ3) is 5.22. The van der Waals surface area contributed by atoms with Gasteiger partial charge in [-0.15, -0.1) is 10.2 Å². The number of carbonyl (C=O) groups excluding carboxylic acids is 1. The molecule has 3 rings (SSSR count). The van der Waals surface area contributed by atoms with Crippen LogP contribution in [0.15, 0.2) is 51.8 Å². The Kier molecular flexibility index (Phi) is 6.52. The summed E-state index contributed by atoms with van der Waals surface area (Å²) < 4.78 is 37.4. The first-order valence-corrected chi connectivity index (χ1v) is 10.6. The lowest BCUT2D eigenvalue weighted by molar-refractivity contribution is -0.118. The molecule has 0 radical (unpaired) electrons. The number of nitrogens with two attached hydrogens (primary N) is 1. The lowest BCUT2D eigenvalue weighted by atomic mass is 10.0. The molecule has 0 fully saturated rings. The van der Waals surface area contributed by atoms with Crippen molar-refractivity contribution in [3.05, 3.63) is 58.9 Å². The molecule has 1 atom stereocenters. The Morgan fingerprint density at radius 3 is 2.57 bits per heavy atom. The summed E-state index contributed by atoms with van der Waals surface area (Å²) in [5, 5.41) is 17.9. The van der Waals surface area contributed by atoms with Crippen LogP contribution in [-0.2, 0) is 21.3 Å². The van der Waals surface area contributed by atoms with Crippen LogP contribution in [0.5, 0.6) is 5.75 Å². The highest BCUT2D eigenvalue weighted by atomic mass is 35.5. The van der Waals surface area contributed by atoms with E-state index in [0.717, 1.165) is 11.6 Å². The maximum absolute atomic E-state index is 12.3. The van der Waals surface area contributed by atoms with E-state index in [1.54, 1.807) is 0 Å². The molecule has 0 aliphatic heterocycles. The predicted octanol–water partition coefficient (Wildman–Crippen LogP) is 2.93. The molecule has 0 bridgehead atoms. The average molecular weight is 452 g/mol. The first-order valence-electron chi connectivity index (χ1n) is 8.80. The highest BCUT2D eigenvalue weighted by molar-refractivity contribution is 7.86. The summed E-state index contributed by atoms with van der Waals surface area (Å²) >= 11 is 5.83. The van der Waals surface area contributed by atoms with Gasteiger partial charge in [-0.25, -0.2) is 0 Å². The summed E-state index contributed by atoms with van der Waals surface area (Å²) in [7, 11) is -4.69. The Hall–Kier alpha value is -2.79. The number of rotatable bonds is 8. The number of halogens is 1. The van der Waals surface area contributed by atoms with Crippen molar-refractivity contribution in [3.63, 3.8) is 0 Å². The summed E-state index contributed by atoms with van der Waals surface area (Å²) in [6, 6.07) is 10.6. The first kappa shape index (κ1) is 21.9. The van der Waals surface area contributed by atoms with Gasteiger partial charge in [0, 0.05) is 29.0 Å². The van der Waals surface area contributed by atoms with Crippen LogP contribution in [0.1, 0.15) is 30.3 Å². The molecule has 0 unspecified atom stereocenters. The summed E-state index contributed by atoms with van der Waals surface area (Å²) in [6.07, 6.45) is -0.0835. The number of aromatic hydroxyl groups is 1. The largest absolute Gasteiger partial charge is 0.506 e. The fourth-order valence-corrected chi connectivity index (χ4v) is 3.74. The summed E-state index contributed by atoms with van der Waals surface area (Å²) in [6.45, 7) is 0. The van der Waals surface area contributed by atoms with Gasteiger partial charge in [-0.1, -0.05) is 29.8 Å². The average Bonchev–Trinajstić information content (AvgIpc) is 3.19. The Labute approximate surface area is 177 Å². The smallest absolute Gasteiger partial charge is 0.298 e. The van der Waals surface area contributed by atoms with Crippen LogP contribution in [0.3, 0.4) is 0 Å². The van der Waals surface area contributed by atoms with Crippen LogP contribution in [0.2, 0.25) is 5.02 Å². The second kappa shape index (κ2) is 8.92. The molecule has 30 heavy (non-hydrogen) atoms. The van der Waals surface area contributed by atoms with Crippen molar-refractivity contribution < 1.29 is 27.3 Å². The molecule has 3 aromatic rings. The molecule has 0 spiro atoms. The molecule has 0 aliphatic carbocycles. The van der Waals surface area contributed by atoms with Gasteiger partial charge >= 0.3 is 0 Å². The molecular formula is C19H18ClN3O6S. The zero-order valence-corrected chi connectivity index (χ0v) is 17.1. The van der Waals surface area contributed by atoms with Crippen LogP contribution in [-0.4, -0.2) is 34.1 Å². The molecular weight excluding hydrogens is 434 g/mol. The molecule has 158 valence electrons. The molecule has 1 aromatic heterocycles. The van der Waals surface area contributed by atoms with Crippen LogP contribution in [0.4, 0.5) is 0 Å². The molecule has 0 saturated carbocycles. The summed E-state index contributed by atoms with van der Waals surface area (Å²) in [4.78, 5) is 11.6. The third-order valence-electron chi connectivity index (χ3n) is 4.30. The first-order chi connectivity index (χ1) is 14.1. The highest BCUT2D eigenvalue weighted by Gasteiger charge is 2.22. The SMILES string of the molecule is N[C@@H](CCC(=O)Cc1cc(Cl)cc(S(=O)(=O)O)c1O)c1nnc(-c2ccccc2)o1. The molecule has 1 heterocycles. The number of ketones is 1. The van der Waals surface area contributed by atoms with Crippen molar-refractivity contribution in [1.82, 2.24) is 10.2 Å². The van der Waals surface area contributed by atoms with E-state index in [1.165, 1.54) is 6.07 Å². The van der Waals surface area contributed by atoms with Gasteiger partial charge in [-0.3, -0.25) is 9.35 Å². The van der Waals surface area contributed by atoms with E-state index in [0.29, 0.717) is 5.89 Å². The Morgan fingerprint density at radius 2 is 1.90 bits per heavy atom. The number of nitrogens with zero attached hydrogens (tertiary/aromatic N) is 2. The molecule has 2 aromatic carbocycles. The van der Waals surface area contributed by atoms with Crippen molar-refractivity contribution in [3.8, 4) is 17.2 Å². The second-order valence-corrected chi connectivity index (χ2v) is 8.39. The van der Waals surface area contributed by atoms with E-state index in [1.807, 2.05) is 30.3 Å². The number of hydrogen-bond acceptors (Lipinski definition) is 8. The Balaban J connectivity index is 1.64. The number of aromatic nitrogens is 2. The standard InChI is InChI=1S/C19H18ClN3O6S/c20-13-8-12(17(25)16(10-13)30(26,27)28)9-14(24)6-7-15(21)19-23-22-18(29-19)11-4-2-1-3-5-11/h1-5,8,10,15,25H,6-7,9,21H2,(H,26,27,28)/t15-/m0/s1. The lowest BCUT2D eigenvalue weighted by Gasteiger charge is -2.10. The highest BCUT2D eigenvalue weighted by Crippen LogP contribution is 2.31. The molecule has 4 N–H and O–H groups in total. The molecule has 11 heteroatoms. The van der Waals surface area contributed by atoms with Crippen molar-refractivity contribution in [1.29, 1.82) is 0 Å². The topological polar surface area (TPSA) is 157 Å². The van der Waals surface area contributed by atoms with Gasteiger partial charge < -0.3 is 15.3 Å². The van der Waals surface area contributed by atoms with Gasteiger partial charge in [0.2, 0.25) is 11.8 Å². The van der Waals surface area contributed by atoms with E-state index < -0.39 is 26.8 Å². The zero-order chi connectivity index (χ0) is 21.9. The van der Waals surface area contributed by atoms with E-state index in [2.05, 4.69) is 10.2 Å². The van der Waals surface area contributed by atoms with E-state index >= 15 is 0 Å². The van der Waals surface area contributed by atoms with Crippen LogP contribution >= 0.6 is 11.6 Å². The number of carbonyl (C=O) groups is 1. The fourth-order valence-electron chi connectivity index (χ4n) is 2.78. The van der Waals surface area contributed by atoms with Crippen molar-refractivity contribution >= 4 is 27.5 Å². The van der Waals surface area contributed by atoms with Gasteiger partial charge in [0.25, 0.3) is 10.1 Å². The maximum atomic E-state index is 12.3. The quantitative estimate of drug-likeness (QED) is 0.438. The number of benzene rings is 2. The number of Topliss-reactive ketones (excluding diaryl/α,β-unsaturated/α-hetero) is 1. The van der Waals surface area contributed by atoms with E-state index in [9.17, 15) is 18.3 Å². The van der Waals surface area contributed by atoms with Gasteiger partial charge in [-0.2, -0.15) is 8.42 Å². The molecule has 0 amide bonds. The Bertz CT molecular complexity index is 1160. The minimum atomic E-state index is -4.69. The predicted molar refractivity (Wildman–Crippen MR) is 108 cm³/mol. The lowest BCUT2D eigenvalue weighted by Crippen LogP contribution is -2.14. The minimum absolute atomic E-state index is 0.0113. The number of phenolic OH excluding ortho intramolecular Hbond substituents is 1. The zero-order valence-electron chi connectivity index (χ0n) is 15.5. The van der Waals surface area contributed by atoms with Crippen molar-refractivity contribution in [2.75, 3.05) is 0 Å². The van der Waals surface area contributed by atoms with Gasteiger partial charge in [0.1, 0.15) is 16.4 Å². The van der Waals surface area contributed by atoms with Crippen molar-refractivity contribution in [2.45, 2.75) is 30.2 Å². The minimum Gasteiger partial charge on any atom is -0.506 e. The summed E-state index contributed by atoms with van der Waals surface area (Å²) in [5.74, 6) is -0.550. The van der Waals surface area contributed by atoms with Crippen LogP contribution < -0.4 is 5.73 Å². The number of hydrogen-bond donors (Lipinski definition) is 3. The van der Waals surface area contributed by atoms with E-state index in [-0.39, 0.29) is 41.5 Å². The summed E-state index contributed by atoms with van der Waals surface area (Å²) in [5.41, 5.74) is 6.76. The van der Waals surface area contributed by atoms with Gasteiger partial charge in [-0.05, 0) is 30.7 Å². The van der Waals surface area contributed by atoms with Crippen molar-refractivity contribution in [2.24, 2.45) is 5.73 Å². The fraction of sp³-hybridized carbons (Fsp3) is 0.211. The molecule has 0 saturated heterocycles. The molecule has 9 nitrogen and oxygen atoms in total. The van der Waals surface area contributed by atoms with Crippen LogP contribution in [0.25, 0.3) is 11.5 Å². The van der Waals surface area contributed by atoms with E-state index in [4.69, 9.17) is 26.3 Å². The van der Waals surface area contributed by atoms with Gasteiger partial charge in [0.15, 0.2) is 0 Å². The number of phenols is 1. The van der Waals surface area contributed by atoms with Crippen LogP contribution in [0, 0.1) is 0 Å². The van der Waals surface area contributed by atoms with Gasteiger partial charge in [0.05, 0.1) is 6.04 Å². The normalized spacial score (nSPS) is 12.6. The third-order valence-corrected chi connectivity index (χ3v) is 5.38. The second-order valence-electron chi connectivity index (χ2n) is 6.56. The maximum Gasteiger partial charge on any atom is 0.298 e.